The molecule has 1 aromatic heterocycles. The van der Waals surface area contributed by atoms with Crippen molar-refractivity contribution in [2.24, 2.45) is 0 Å². The van der Waals surface area contributed by atoms with Crippen LogP contribution in [-0.4, -0.2) is 27.2 Å². The maximum Gasteiger partial charge on any atom is 0.199 e. The third kappa shape index (κ3) is 3.57. The molecule has 0 saturated heterocycles. The minimum absolute atomic E-state index is 0.959. The predicted octanol–water partition coefficient (Wildman–Crippen LogP) is 5.21. The lowest BCUT2D eigenvalue weighted by atomic mass is 10.1. The van der Waals surface area contributed by atoms with Crippen LogP contribution < -0.4 is 9.80 Å². The van der Waals surface area contributed by atoms with Crippen LogP contribution in [0, 0.1) is 6.92 Å². The normalized spacial score (nSPS) is 11.1. The van der Waals surface area contributed by atoms with Gasteiger partial charge in [-0.2, -0.15) is 0 Å². The Balaban J connectivity index is 2.32. The van der Waals surface area contributed by atoms with E-state index in [0.29, 0.717) is 0 Å². The van der Waals surface area contributed by atoms with Crippen molar-refractivity contribution >= 4 is 22.5 Å². The standard InChI is InChI=1S/C19H30N2O/c1-6-8-12-21(13-9-7-2)16-10-11-17-15(3)19(20(4)5)22-18(17)14-16/h10-11,14H,6-9,12-13H2,1-5H3. The molecule has 2 aromatic rings. The minimum Gasteiger partial charge on any atom is -0.440 e. The average Bonchev–Trinajstić information content (AvgIpc) is 2.84. The van der Waals surface area contributed by atoms with Crippen molar-refractivity contribution in [3.63, 3.8) is 0 Å². The van der Waals surface area contributed by atoms with Crippen molar-refractivity contribution in [2.45, 2.75) is 46.5 Å². The first-order valence-corrected chi connectivity index (χ1v) is 8.53. The lowest BCUT2D eigenvalue weighted by Crippen LogP contribution is -2.25. The van der Waals surface area contributed by atoms with E-state index in [-0.39, 0.29) is 0 Å². The van der Waals surface area contributed by atoms with E-state index in [0.717, 1.165) is 24.6 Å². The maximum atomic E-state index is 6.06. The van der Waals surface area contributed by atoms with Gasteiger partial charge < -0.3 is 14.2 Å². The molecule has 1 heterocycles. The fraction of sp³-hybridized carbons (Fsp3) is 0.579. The molecule has 0 spiro atoms. The van der Waals surface area contributed by atoms with E-state index in [1.165, 1.54) is 42.3 Å². The van der Waals surface area contributed by atoms with Crippen LogP contribution in [0.5, 0.6) is 0 Å². The van der Waals surface area contributed by atoms with Gasteiger partial charge >= 0.3 is 0 Å². The van der Waals surface area contributed by atoms with Crippen molar-refractivity contribution in [1.29, 1.82) is 0 Å². The predicted molar refractivity (Wildman–Crippen MR) is 97.3 cm³/mol. The van der Waals surface area contributed by atoms with Gasteiger partial charge in [0.05, 0.1) is 0 Å². The van der Waals surface area contributed by atoms with Gasteiger partial charge in [-0.05, 0) is 31.9 Å². The SMILES string of the molecule is CCCCN(CCCC)c1ccc2c(C)c(N(C)C)oc2c1. The molecule has 0 atom stereocenters. The van der Waals surface area contributed by atoms with Crippen molar-refractivity contribution in [3.8, 4) is 0 Å². The summed E-state index contributed by atoms with van der Waals surface area (Å²) in [5.41, 5.74) is 3.50. The molecule has 0 aliphatic rings. The van der Waals surface area contributed by atoms with Gasteiger partial charge in [-0.25, -0.2) is 0 Å². The van der Waals surface area contributed by atoms with Crippen LogP contribution in [0.4, 0.5) is 11.6 Å². The summed E-state index contributed by atoms with van der Waals surface area (Å²) < 4.78 is 6.06. The second-order valence-electron chi connectivity index (χ2n) is 6.30. The first-order valence-electron chi connectivity index (χ1n) is 8.53. The molecule has 3 nitrogen and oxygen atoms in total. The molecule has 1 aromatic carbocycles. The first kappa shape index (κ1) is 16.7. The highest BCUT2D eigenvalue weighted by Crippen LogP contribution is 2.33. The van der Waals surface area contributed by atoms with Crippen LogP contribution in [0.3, 0.4) is 0 Å². The maximum absolute atomic E-state index is 6.06. The van der Waals surface area contributed by atoms with Gasteiger partial charge in [0, 0.05) is 49.9 Å². The Morgan fingerprint density at radius 3 is 2.18 bits per heavy atom. The van der Waals surface area contributed by atoms with E-state index in [2.05, 4.69) is 43.9 Å². The van der Waals surface area contributed by atoms with Gasteiger partial charge in [-0.15, -0.1) is 0 Å². The van der Waals surface area contributed by atoms with E-state index >= 15 is 0 Å². The quantitative estimate of drug-likeness (QED) is 0.667. The van der Waals surface area contributed by atoms with Crippen LogP contribution in [-0.2, 0) is 0 Å². The molecule has 0 amide bonds. The Morgan fingerprint density at radius 2 is 1.64 bits per heavy atom. The molecule has 0 radical (unpaired) electrons. The van der Waals surface area contributed by atoms with E-state index in [9.17, 15) is 0 Å². The van der Waals surface area contributed by atoms with Crippen LogP contribution in [0.1, 0.15) is 45.1 Å². The number of furan rings is 1. The molecular weight excluding hydrogens is 272 g/mol. The second-order valence-corrected chi connectivity index (χ2v) is 6.30. The molecule has 0 saturated carbocycles. The third-order valence-corrected chi connectivity index (χ3v) is 4.23. The number of aryl methyl sites for hydroxylation is 1. The smallest absolute Gasteiger partial charge is 0.199 e. The van der Waals surface area contributed by atoms with Crippen LogP contribution in [0.25, 0.3) is 11.0 Å². The average molecular weight is 302 g/mol. The van der Waals surface area contributed by atoms with Gasteiger partial charge in [0.2, 0.25) is 0 Å². The number of fused-ring (bicyclic) bond motifs is 1. The summed E-state index contributed by atoms with van der Waals surface area (Å²) in [7, 11) is 4.06. The summed E-state index contributed by atoms with van der Waals surface area (Å²) in [6.45, 7) is 8.89. The van der Waals surface area contributed by atoms with Gasteiger partial charge in [-0.1, -0.05) is 26.7 Å². The summed E-state index contributed by atoms with van der Waals surface area (Å²) in [4.78, 5) is 4.54. The van der Waals surface area contributed by atoms with Crippen molar-refractivity contribution in [1.82, 2.24) is 0 Å². The largest absolute Gasteiger partial charge is 0.440 e. The molecule has 0 bridgehead atoms. The number of hydrogen-bond donors (Lipinski definition) is 0. The van der Waals surface area contributed by atoms with Crippen LogP contribution in [0.15, 0.2) is 22.6 Å². The fourth-order valence-corrected chi connectivity index (χ4v) is 2.89. The third-order valence-electron chi connectivity index (χ3n) is 4.23. The van der Waals surface area contributed by atoms with Crippen LogP contribution >= 0.6 is 0 Å². The summed E-state index contributed by atoms with van der Waals surface area (Å²) in [5, 5.41) is 1.22. The van der Waals surface area contributed by atoms with E-state index in [1.54, 1.807) is 0 Å². The summed E-state index contributed by atoms with van der Waals surface area (Å²) in [6, 6.07) is 6.66. The molecule has 0 aliphatic heterocycles. The van der Waals surface area contributed by atoms with Gasteiger partial charge in [0.1, 0.15) is 5.58 Å². The lowest BCUT2D eigenvalue weighted by molar-refractivity contribution is 0.606. The molecule has 2 rings (SSSR count). The Labute approximate surface area is 134 Å². The zero-order chi connectivity index (χ0) is 16.1. The van der Waals surface area contributed by atoms with E-state index in [1.807, 2.05) is 19.0 Å². The number of unbranched alkanes of at least 4 members (excludes halogenated alkanes) is 2. The molecule has 0 N–H and O–H groups in total. The van der Waals surface area contributed by atoms with Crippen molar-refractivity contribution in [3.05, 3.63) is 23.8 Å². The zero-order valence-electron chi connectivity index (χ0n) is 14.8. The fourth-order valence-electron chi connectivity index (χ4n) is 2.89. The topological polar surface area (TPSA) is 19.6 Å². The number of rotatable bonds is 8. The van der Waals surface area contributed by atoms with E-state index < -0.39 is 0 Å². The molecule has 0 unspecified atom stereocenters. The molecular formula is C19H30N2O. The Bertz CT molecular complexity index is 593. The lowest BCUT2D eigenvalue weighted by Gasteiger charge is -2.24. The highest BCUT2D eigenvalue weighted by Gasteiger charge is 2.14. The number of nitrogens with zero attached hydrogens (tertiary/aromatic N) is 2. The molecule has 0 aliphatic carbocycles. The number of benzene rings is 1. The Morgan fingerprint density at radius 1 is 1.00 bits per heavy atom. The highest BCUT2D eigenvalue weighted by molar-refractivity contribution is 5.88. The second kappa shape index (κ2) is 7.57. The number of hydrogen-bond acceptors (Lipinski definition) is 3. The molecule has 3 heteroatoms. The molecule has 122 valence electrons. The van der Waals surface area contributed by atoms with Gasteiger partial charge in [0.25, 0.3) is 0 Å². The first-order chi connectivity index (χ1) is 10.6. The van der Waals surface area contributed by atoms with Crippen LogP contribution in [0.2, 0.25) is 0 Å². The molecule has 0 fully saturated rings. The van der Waals surface area contributed by atoms with Gasteiger partial charge in [-0.3, -0.25) is 0 Å². The zero-order valence-corrected chi connectivity index (χ0v) is 14.8. The Hall–Kier alpha value is -1.64. The summed E-state index contributed by atoms with van der Waals surface area (Å²) >= 11 is 0. The number of anilines is 2. The monoisotopic (exact) mass is 302 g/mol. The van der Waals surface area contributed by atoms with Crippen molar-refractivity contribution in [2.75, 3.05) is 37.0 Å². The Kier molecular flexibility index (Phi) is 5.76. The van der Waals surface area contributed by atoms with Gasteiger partial charge in [0.15, 0.2) is 5.88 Å². The van der Waals surface area contributed by atoms with Crippen molar-refractivity contribution < 1.29 is 4.42 Å². The highest BCUT2D eigenvalue weighted by atomic mass is 16.4. The minimum atomic E-state index is 0.959. The molecule has 22 heavy (non-hydrogen) atoms. The van der Waals surface area contributed by atoms with E-state index in [4.69, 9.17) is 4.42 Å². The summed E-state index contributed by atoms with van der Waals surface area (Å²) in [6.07, 6.45) is 4.94. The summed E-state index contributed by atoms with van der Waals surface area (Å²) in [5.74, 6) is 0.959.